The molecule has 0 bridgehead atoms. The standard InChI is InChI=1S/C15H22N2O3S/c1-11(10-16-12-6-7-12)21(18,19)17-14-8-9-20-15-5-3-2-4-13(14)15/h2-5,11-12,14,16-17H,6-10H2,1H3. The lowest BCUT2D eigenvalue weighted by atomic mass is 10.0. The molecule has 0 spiro atoms. The van der Waals surface area contributed by atoms with Crippen LogP contribution in [0.25, 0.3) is 0 Å². The van der Waals surface area contributed by atoms with E-state index in [1.165, 1.54) is 0 Å². The van der Waals surface area contributed by atoms with Gasteiger partial charge in [0.1, 0.15) is 5.75 Å². The number of hydrogen-bond donors (Lipinski definition) is 2. The maximum Gasteiger partial charge on any atom is 0.216 e. The van der Waals surface area contributed by atoms with Crippen LogP contribution in [0.15, 0.2) is 24.3 Å². The molecule has 0 radical (unpaired) electrons. The van der Waals surface area contributed by atoms with Gasteiger partial charge in [0.05, 0.1) is 17.9 Å². The molecular weight excluding hydrogens is 288 g/mol. The number of para-hydroxylation sites is 1. The molecule has 0 aromatic heterocycles. The molecule has 21 heavy (non-hydrogen) atoms. The van der Waals surface area contributed by atoms with Crippen LogP contribution in [0.1, 0.15) is 37.8 Å². The van der Waals surface area contributed by atoms with Gasteiger partial charge in [-0.15, -0.1) is 0 Å². The van der Waals surface area contributed by atoms with Gasteiger partial charge in [0.25, 0.3) is 0 Å². The number of fused-ring (bicyclic) bond motifs is 1. The summed E-state index contributed by atoms with van der Waals surface area (Å²) in [6, 6.07) is 7.95. The molecule has 2 aliphatic rings. The molecule has 116 valence electrons. The number of rotatable bonds is 6. The van der Waals surface area contributed by atoms with E-state index in [0.717, 1.165) is 24.2 Å². The number of sulfonamides is 1. The average molecular weight is 310 g/mol. The first-order valence-electron chi connectivity index (χ1n) is 7.52. The van der Waals surface area contributed by atoms with E-state index < -0.39 is 15.3 Å². The van der Waals surface area contributed by atoms with Gasteiger partial charge < -0.3 is 10.1 Å². The fourth-order valence-corrected chi connectivity index (χ4v) is 3.70. The van der Waals surface area contributed by atoms with Crippen LogP contribution >= 0.6 is 0 Å². The highest BCUT2D eigenvalue weighted by Gasteiger charge is 2.30. The summed E-state index contributed by atoms with van der Waals surface area (Å²) in [6.07, 6.45) is 2.99. The highest BCUT2D eigenvalue weighted by molar-refractivity contribution is 7.90. The first-order chi connectivity index (χ1) is 10.1. The minimum absolute atomic E-state index is 0.191. The van der Waals surface area contributed by atoms with Crippen molar-refractivity contribution < 1.29 is 13.2 Å². The monoisotopic (exact) mass is 310 g/mol. The lowest BCUT2D eigenvalue weighted by Crippen LogP contribution is -2.42. The van der Waals surface area contributed by atoms with E-state index in [1.807, 2.05) is 24.3 Å². The summed E-state index contributed by atoms with van der Waals surface area (Å²) in [5.41, 5.74) is 0.926. The van der Waals surface area contributed by atoms with Crippen molar-refractivity contribution >= 4 is 10.0 Å². The van der Waals surface area contributed by atoms with Gasteiger partial charge >= 0.3 is 0 Å². The molecule has 1 saturated carbocycles. The lowest BCUT2D eigenvalue weighted by Gasteiger charge is -2.27. The SMILES string of the molecule is CC(CNC1CC1)S(=O)(=O)NC1CCOc2ccccc21. The van der Waals surface area contributed by atoms with Crippen LogP contribution in [0.4, 0.5) is 0 Å². The summed E-state index contributed by atoms with van der Waals surface area (Å²) in [7, 11) is -3.34. The van der Waals surface area contributed by atoms with Crippen LogP contribution in [0.3, 0.4) is 0 Å². The lowest BCUT2D eigenvalue weighted by molar-refractivity contribution is 0.263. The van der Waals surface area contributed by atoms with Crippen LogP contribution in [0, 0.1) is 0 Å². The van der Waals surface area contributed by atoms with Crippen molar-refractivity contribution in [2.24, 2.45) is 0 Å². The summed E-state index contributed by atoms with van der Waals surface area (Å²) in [4.78, 5) is 0. The number of nitrogens with one attached hydrogen (secondary N) is 2. The Morgan fingerprint density at radius 3 is 2.81 bits per heavy atom. The third-order valence-corrected chi connectivity index (χ3v) is 5.91. The van der Waals surface area contributed by atoms with Crippen LogP contribution in [0.5, 0.6) is 5.75 Å². The van der Waals surface area contributed by atoms with E-state index in [9.17, 15) is 8.42 Å². The van der Waals surface area contributed by atoms with E-state index >= 15 is 0 Å². The summed E-state index contributed by atoms with van der Waals surface area (Å²) in [5, 5.41) is 2.84. The van der Waals surface area contributed by atoms with Crippen molar-refractivity contribution in [1.29, 1.82) is 0 Å². The van der Waals surface area contributed by atoms with E-state index in [-0.39, 0.29) is 6.04 Å². The summed E-state index contributed by atoms with van der Waals surface area (Å²) < 4.78 is 33.3. The van der Waals surface area contributed by atoms with E-state index in [4.69, 9.17) is 4.74 Å². The maximum atomic E-state index is 12.4. The quantitative estimate of drug-likeness (QED) is 0.837. The zero-order valence-electron chi connectivity index (χ0n) is 12.2. The second kappa shape index (κ2) is 5.94. The first-order valence-corrected chi connectivity index (χ1v) is 9.07. The zero-order valence-corrected chi connectivity index (χ0v) is 13.0. The maximum absolute atomic E-state index is 12.4. The smallest absolute Gasteiger partial charge is 0.216 e. The van der Waals surface area contributed by atoms with Crippen molar-refractivity contribution in [2.45, 2.75) is 43.5 Å². The molecule has 1 aromatic carbocycles. The molecule has 0 saturated heterocycles. The molecule has 5 nitrogen and oxygen atoms in total. The Hall–Kier alpha value is -1.11. The molecule has 2 unspecified atom stereocenters. The summed E-state index contributed by atoms with van der Waals surface area (Å²) in [6.45, 7) is 2.80. The zero-order chi connectivity index (χ0) is 14.9. The highest BCUT2D eigenvalue weighted by Crippen LogP contribution is 2.32. The fraction of sp³-hybridized carbons (Fsp3) is 0.600. The number of ether oxygens (including phenoxy) is 1. The number of benzene rings is 1. The van der Waals surface area contributed by atoms with Crippen LogP contribution < -0.4 is 14.8 Å². The van der Waals surface area contributed by atoms with Gasteiger partial charge in [-0.1, -0.05) is 18.2 Å². The van der Waals surface area contributed by atoms with E-state index in [2.05, 4.69) is 10.0 Å². The second-order valence-electron chi connectivity index (χ2n) is 5.88. The van der Waals surface area contributed by atoms with Crippen molar-refractivity contribution in [1.82, 2.24) is 10.0 Å². The highest BCUT2D eigenvalue weighted by atomic mass is 32.2. The Balaban J connectivity index is 1.67. The Bertz CT molecular complexity index is 599. The molecule has 1 aromatic rings. The molecule has 2 N–H and O–H groups in total. The Labute approximate surface area is 126 Å². The van der Waals surface area contributed by atoms with Crippen molar-refractivity contribution in [2.75, 3.05) is 13.2 Å². The van der Waals surface area contributed by atoms with Gasteiger partial charge in [-0.3, -0.25) is 0 Å². The minimum atomic E-state index is -3.34. The van der Waals surface area contributed by atoms with Gasteiger partial charge in [-0.25, -0.2) is 13.1 Å². The fourth-order valence-electron chi connectivity index (χ4n) is 2.51. The predicted octanol–water partition coefficient (Wildman–Crippen LogP) is 1.57. The van der Waals surface area contributed by atoms with Gasteiger partial charge in [-0.2, -0.15) is 0 Å². The molecule has 3 rings (SSSR count). The molecule has 1 fully saturated rings. The van der Waals surface area contributed by atoms with Crippen LogP contribution in [-0.2, 0) is 10.0 Å². The average Bonchev–Trinajstić information content (AvgIpc) is 3.29. The van der Waals surface area contributed by atoms with Gasteiger partial charge in [0.2, 0.25) is 10.0 Å². The van der Waals surface area contributed by atoms with Crippen LogP contribution in [0.2, 0.25) is 0 Å². The van der Waals surface area contributed by atoms with Gasteiger partial charge in [-0.05, 0) is 25.8 Å². The first kappa shape index (κ1) is 14.8. The van der Waals surface area contributed by atoms with Crippen molar-refractivity contribution in [3.63, 3.8) is 0 Å². The molecule has 1 heterocycles. The molecule has 2 atom stereocenters. The summed E-state index contributed by atoms with van der Waals surface area (Å²) in [5.74, 6) is 0.778. The Morgan fingerprint density at radius 2 is 2.05 bits per heavy atom. The molecule has 0 amide bonds. The predicted molar refractivity (Wildman–Crippen MR) is 81.8 cm³/mol. The molecule has 1 aliphatic carbocycles. The third kappa shape index (κ3) is 3.56. The molecule has 1 aliphatic heterocycles. The minimum Gasteiger partial charge on any atom is -0.493 e. The van der Waals surface area contributed by atoms with Gasteiger partial charge in [0, 0.05) is 24.6 Å². The second-order valence-corrected chi connectivity index (χ2v) is 8.01. The van der Waals surface area contributed by atoms with Crippen molar-refractivity contribution in [3.8, 4) is 5.75 Å². The van der Waals surface area contributed by atoms with E-state index in [1.54, 1.807) is 6.92 Å². The van der Waals surface area contributed by atoms with Crippen LogP contribution in [-0.4, -0.2) is 32.9 Å². The van der Waals surface area contributed by atoms with E-state index in [0.29, 0.717) is 25.6 Å². The summed E-state index contributed by atoms with van der Waals surface area (Å²) >= 11 is 0. The largest absolute Gasteiger partial charge is 0.493 e. The Morgan fingerprint density at radius 1 is 1.29 bits per heavy atom. The molecule has 6 heteroatoms. The van der Waals surface area contributed by atoms with Crippen molar-refractivity contribution in [3.05, 3.63) is 29.8 Å². The number of hydrogen-bond acceptors (Lipinski definition) is 4. The van der Waals surface area contributed by atoms with Gasteiger partial charge in [0.15, 0.2) is 0 Å². The normalized spacial score (nSPS) is 23.2. The third-order valence-electron chi connectivity index (χ3n) is 4.07. The molecular formula is C15H22N2O3S. The topological polar surface area (TPSA) is 67.4 Å². The Kier molecular flexibility index (Phi) is 4.19.